The Labute approximate surface area is 97.2 Å². The molecule has 0 radical (unpaired) electrons. The van der Waals surface area contributed by atoms with Crippen LogP contribution in [0.2, 0.25) is 0 Å². The summed E-state index contributed by atoms with van der Waals surface area (Å²) < 4.78 is 0. The van der Waals surface area contributed by atoms with Gasteiger partial charge in [0.05, 0.1) is 0 Å². The first-order chi connectivity index (χ1) is 7.31. The van der Waals surface area contributed by atoms with Crippen LogP contribution in [0.5, 0.6) is 0 Å². The highest BCUT2D eigenvalue weighted by Crippen LogP contribution is 2.09. The maximum Gasteiger partial charge on any atom is -0.00219 e. The number of hydrogen-bond acceptors (Lipinski definition) is 1. The second-order valence-corrected chi connectivity index (χ2v) is 4.72. The van der Waals surface area contributed by atoms with Gasteiger partial charge in [-0.15, -0.1) is 0 Å². The molecule has 0 bridgehead atoms. The Morgan fingerprint density at radius 2 is 1.13 bits per heavy atom. The van der Waals surface area contributed by atoms with E-state index in [1.165, 1.54) is 70.9 Å². The van der Waals surface area contributed by atoms with Gasteiger partial charge in [-0.05, 0) is 26.6 Å². The normalized spacial score (nSPS) is 11.2. The third kappa shape index (κ3) is 11.9. The lowest BCUT2D eigenvalue weighted by Gasteiger charge is -2.12. The molecule has 0 unspecified atom stereocenters. The summed E-state index contributed by atoms with van der Waals surface area (Å²) in [6.07, 6.45) is 12.9. The second kappa shape index (κ2) is 12.0. The Morgan fingerprint density at radius 1 is 0.667 bits per heavy atom. The molecule has 0 aliphatic heterocycles. The Morgan fingerprint density at radius 3 is 1.60 bits per heavy atom. The van der Waals surface area contributed by atoms with Crippen LogP contribution in [-0.4, -0.2) is 25.0 Å². The zero-order chi connectivity index (χ0) is 11.4. The molecule has 1 heteroatoms. The van der Waals surface area contributed by atoms with E-state index in [1.807, 2.05) is 0 Å². The van der Waals surface area contributed by atoms with Crippen molar-refractivity contribution in [3.8, 4) is 0 Å². The molecule has 0 aliphatic carbocycles. The fourth-order valence-electron chi connectivity index (χ4n) is 1.85. The SMILES string of the molecule is CCCCCCCCCCCN(C)CC. The van der Waals surface area contributed by atoms with E-state index in [0.717, 1.165) is 0 Å². The van der Waals surface area contributed by atoms with Gasteiger partial charge < -0.3 is 4.90 Å². The fourth-order valence-corrected chi connectivity index (χ4v) is 1.85. The monoisotopic (exact) mass is 213 g/mol. The Bertz CT molecular complexity index is 112. The Kier molecular flexibility index (Phi) is 12.0. The molecule has 0 aromatic heterocycles. The van der Waals surface area contributed by atoms with Gasteiger partial charge in [0.1, 0.15) is 0 Å². The molecule has 0 atom stereocenters. The number of unbranched alkanes of at least 4 members (excludes halogenated alkanes) is 8. The van der Waals surface area contributed by atoms with Crippen molar-refractivity contribution in [1.82, 2.24) is 4.90 Å². The second-order valence-electron chi connectivity index (χ2n) is 4.72. The first-order valence-electron chi connectivity index (χ1n) is 6.99. The van der Waals surface area contributed by atoms with Gasteiger partial charge in [0.25, 0.3) is 0 Å². The van der Waals surface area contributed by atoms with Gasteiger partial charge in [-0.2, -0.15) is 0 Å². The van der Waals surface area contributed by atoms with Crippen molar-refractivity contribution in [2.24, 2.45) is 0 Å². The van der Waals surface area contributed by atoms with Gasteiger partial charge in [0.15, 0.2) is 0 Å². The molecular weight excluding hydrogens is 182 g/mol. The first-order valence-corrected chi connectivity index (χ1v) is 6.99. The number of nitrogens with zero attached hydrogens (tertiary/aromatic N) is 1. The van der Waals surface area contributed by atoms with E-state index >= 15 is 0 Å². The van der Waals surface area contributed by atoms with Gasteiger partial charge in [0.2, 0.25) is 0 Å². The maximum atomic E-state index is 2.40. The average molecular weight is 213 g/mol. The summed E-state index contributed by atoms with van der Waals surface area (Å²) in [5.74, 6) is 0. The lowest BCUT2D eigenvalue weighted by atomic mass is 10.1. The fraction of sp³-hybridized carbons (Fsp3) is 1.00. The summed E-state index contributed by atoms with van der Waals surface area (Å²) in [4.78, 5) is 2.40. The van der Waals surface area contributed by atoms with Crippen LogP contribution >= 0.6 is 0 Å². The van der Waals surface area contributed by atoms with E-state index < -0.39 is 0 Å². The molecule has 92 valence electrons. The minimum atomic E-state index is 1.19. The lowest BCUT2D eigenvalue weighted by Crippen LogP contribution is -2.18. The van der Waals surface area contributed by atoms with Gasteiger partial charge in [-0.1, -0.05) is 65.2 Å². The Hall–Kier alpha value is -0.0400. The van der Waals surface area contributed by atoms with E-state index in [9.17, 15) is 0 Å². The van der Waals surface area contributed by atoms with Crippen molar-refractivity contribution in [2.75, 3.05) is 20.1 Å². The molecular formula is C14H31N. The summed E-state index contributed by atoms with van der Waals surface area (Å²) in [5.41, 5.74) is 0. The van der Waals surface area contributed by atoms with Crippen LogP contribution in [-0.2, 0) is 0 Å². The molecule has 15 heavy (non-hydrogen) atoms. The third-order valence-electron chi connectivity index (χ3n) is 3.18. The molecule has 0 saturated heterocycles. The van der Waals surface area contributed by atoms with Gasteiger partial charge in [0, 0.05) is 0 Å². The highest BCUT2D eigenvalue weighted by atomic mass is 15.1. The van der Waals surface area contributed by atoms with Gasteiger partial charge in [-0.3, -0.25) is 0 Å². The predicted molar refractivity (Wildman–Crippen MR) is 70.4 cm³/mol. The zero-order valence-electron chi connectivity index (χ0n) is 11.2. The smallest absolute Gasteiger partial charge is 0.00219 e. The quantitative estimate of drug-likeness (QED) is 0.458. The molecule has 0 aromatic rings. The van der Waals surface area contributed by atoms with Gasteiger partial charge >= 0.3 is 0 Å². The van der Waals surface area contributed by atoms with E-state index in [4.69, 9.17) is 0 Å². The molecule has 0 aromatic carbocycles. The van der Waals surface area contributed by atoms with Crippen LogP contribution in [0.25, 0.3) is 0 Å². The molecule has 0 saturated carbocycles. The summed E-state index contributed by atoms with van der Waals surface area (Å²) >= 11 is 0. The molecule has 0 fully saturated rings. The van der Waals surface area contributed by atoms with Crippen LogP contribution in [0, 0.1) is 0 Å². The van der Waals surface area contributed by atoms with Gasteiger partial charge in [-0.25, -0.2) is 0 Å². The summed E-state index contributed by atoms with van der Waals surface area (Å²) in [5, 5.41) is 0. The van der Waals surface area contributed by atoms with Crippen molar-refractivity contribution in [1.29, 1.82) is 0 Å². The highest BCUT2D eigenvalue weighted by Gasteiger charge is 1.94. The molecule has 0 aliphatic rings. The largest absolute Gasteiger partial charge is 0.307 e. The standard InChI is InChI=1S/C14H31N/c1-4-6-7-8-9-10-11-12-13-14-15(3)5-2/h4-14H2,1-3H3. The first kappa shape index (κ1) is 15.0. The summed E-state index contributed by atoms with van der Waals surface area (Å²) in [6.45, 7) is 6.99. The van der Waals surface area contributed by atoms with E-state index in [0.29, 0.717) is 0 Å². The maximum absolute atomic E-state index is 2.40. The minimum absolute atomic E-state index is 1.19. The predicted octanol–water partition coefficient (Wildman–Crippen LogP) is 4.47. The third-order valence-corrected chi connectivity index (χ3v) is 3.18. The number of rotatable bonds is 11. The van der Waals surface area contributed by atoms with E-state index in [1.54, 1.807) is 0 Å². The zero-order valence-corrected chi connectivity index (χ0v) is 11.2. The van der Waals surface area contributed by atoms with Crippen molar-refractivity contribution >= 4 is 0 Å². The van der Waals surface area contributed by atoms with Crippen LogP contribution in [0.1, 0.15) is 71.6 Å². The molecule has 1 nitrogen and oxygen atoms in total. The van der Waals surface area contributed by atoms with Crippen molar-refractivity contribution in [3.05, 3.63) is 0 Å². The Balaban J connectivity index is 2.92. The molecule has 0 N–H and O–H groups in total. The molecule has 0 amide bonds. The van der Waals surface area contributed by atoms with Crippen molar-refractivity contribution in [3.63, 3.8) is 0 Å². The van der Waals surface area contributed by atoms with Crippen LogP contribution in [0.15, 0.2) is 0 Å². The summed E-state index contributed by atoms with van der Waals surface area (Å²) in [6, 6.07) is 0. The lowest BCUT2D eigenvalue weighted by molar-refractivity contribution is 0.340. The molecule has 0 spiro atoms. The molecule has 0 rings (SSSR count). The van der Waals surface area contributed by atoms with E-state index in [-0.39, 0.29) is 0 Å². The van der Waals surface area contributed by atoms with Crippen molar-refractivity contribution < 1.29 is 0 Å². The van der Waals surface area contributed by atoms with E-state index in [2.05, 4.69) is 25.8 Å². The average Bonchev–Trinajstić information content (AvgIpc) is 2.26. The topological polar surface area (TPSA) is 3.24 Å². The molecule has 0 heterocycles. The van der Waals surface area contributed by atoms with Crippen LogP contribution < -0.4 is 0 Å². The minimum Gasteiger partial charge on any atom is -0.307 e. The van der Waals surface area contributed by atoms with Crippen molar-refractivity contribution in [2.45, 2.75) is 71.6 Å². The van der Waals surface area contributed by atoms with Crippen LogP contribution in [0.4, 0.5) is 0 Å². The summed E-state index contributed by atoms with van der Waals surface area (Å²) in [7, 11) is 2.21. The number of hydrogen-bond donors (Lipinski definition) is 0. The van der Waals surface area contributed by atoms with Crippen LogP contribution in [0.3, 0.4) is 0 Å². The highest BCUT2D eigenvalue weighted by molar-refractivity contribution is 4.50.